The number of nitrogens with zero attached hydrogens (tertiary/aromatic N) is 1. The molecule has 1 fully saturated rings. The summed E-state index contributed by atoms with van der Waals surface area (Å²) in [5.74, 6) is 0.927. The number of ether oxygens (including phenoxy) is 1. The van der Waals surface area contributed by atoms with Crippen molar-refractivity contribution in [2.75, 3.05) is 32.8 Å². The van der Waals surface area contributed by atoms with Crippen LogP contribution in [0.1, 0.15) is 23.2 Å². The lowest BCUT2D eigenvalue weighted by Gasteiger charge is -2.27. The van der Waals surface area contributed by atoms with Crippen molar-refractivity contribution in [3.05, 3.63) is 29.8 Å². The first-order chi connectivity index (χ1) is 9.79. The Morgan fingerprint density at radius 3 is 2.60 bits per heavy atom. The maximum Gasteiger partial charge on any atom is 0.222 e. The molecule has 20 heavy (non-hydrogen) atoms. The summed E-state index contributed by atoms with van der Waals surface area (Å²) in [6.07, 6.45) is 2.03. The zero-order chi connectivity index (χ0) is 14.2. The summed E-state index contributed by atoms with van der Waals surface area (Å²) in [4.78, 5) is 24.3. The number of amides is 1. The van der Waals surface area contributed by atoms with Gasteiger partial charge in [0.05, 0.1) is 6.61 Å². The number of hydrogen-bond acceptors (Lipinski definition) is 4. The molecule has 0 bridgehead atoms. The van der Waals surface area contributed by atoms with Crippen LogP contribution in [0.25, 0.3) is 0 Å². The number of aldehydes is 1. The van der Waals surface area contributed by atoms with E-state index in [1.807, 2.05) is 4.90 Å². The van der Waals surface area contributed by atoms with Gasteiger partial charge in [0.15, 0.2) is 0 Å². The molecule has 0 aromatic heterocycles. The molecule has 1 aromatic carbocycles. The van der Waals surface area contributed by atoms with Crippen molar-refractivity contribution in [3.8, 4) is 5.75 Å². The van der Waals surface area contributed by atoms with E-state index in [4.69, 9.17) is 4.74 Å². The third-order valence-electron chi connectivity index (χ3n) is 3.29. The largest absolute Gasteiger partial charge is 0.494 e. The van der Waals surface area contributed by atoms with Gasteiger partial charge in [-0.25, -0.2) is 0 Å². The Bertz CT molecular complexity index is 439. The second-order valence-corrected chi connectivity index (χ2v) is 4.77. The second-order valence-electron chi connectivity index (χ2n) is 4.77. The molecular weight excluding hydrogens is 256 g/mol. The molecule has 1 saturated heterocycles. The second kappa shape index (κ2) is 7.65. The lowest BCUT2D eigenvalue weighted by Crippen LogP contribution is -2.46. The molecule has 0 unspecified atom stereocenters. The highest BCUT2D eigenvalue weighted by atomic mass is 16.5. The summed E-state index contributed by atoms with van der Waals surface area (Å²) < 4.78 is 5.54. The van der Waals surface area contributed by atoms with Crippen molar-refractivity contribution >= 4 is 12.2 Å². The lowest BCUT2D eigenvalue weighted by atomic mass is 10.2. The van der Waals surface area contributed by atoms with Crippen molar-refractivity contribution in [1.29, 1.82) is 0 Å². The van der Waals surface area contributed by atoms with E-state index >= 15 is 0 Å². The molecule has 0 atom stereocenters. The predicted molar refractivity (Wildman–Crippen MR) is 76.0 cm³/mol. The predicted octanol–water partition coefficient (Wildman–Crippen LogP) is 1.09. The van der Waals surface area contributed by atoms with Crippen LogP contribution in [0.2, 0.25) is 0 Å². The van der Waals surface area contributed by atoms with Gasteiger partial charge in [-0.3, -0.25) is 9.59 Å². The third-order valence-corrected chi connectivity index (χ3v) is 3.29. The minimum Gasteiger partial charge on any atom is -0.494 e. The van der Waals surface area contributed by atoms with E-state index in [0.29, 0.717) is 25.0 Å². The molecule has 1 heterocycles. The molecule has 5 nitrogen and oxygen atoms in total. The summed E-state index contributed by atoms with van der Waals surface area (Å²) in [7, 11) is 0. The fraction of sp³-hybridized carbons (Fsp3) is 0.467. The van der Waals surface area contributed by atoms with Crippen LogP contribution in [-0.4, -0.2) is 49.9 Å². The normalized spacial score (nSPS) is 14.9. The molecule has 0 saturated carbocycles. The highest BCUT2D eigenvalue weighted by Crippen LogP contribution is 2.11. The molecule has 1 aromatic rings. The van der Waals surface area contributed by atoms with Crippen molar-refractivity contribution < 1.29 is 14.3 Å². The number of nitrogens with one attached hydrogen (secondary N) is 1. The summed E-state index contributed by atoms with van der Waals surface area (Å²) in [6, 6.07) is 6.96. The van der Waals surface area contributed by atoms with Crippen LogP contribution in [0.3, 0.4) is 0 Å². The third kappa shape index (κ3) is 4.35. The number of hydrogen-bond donors (Lipinski definition) is 1. The van der Waals surface area contributed by atoms with E-state index in [2.05, 4.69) is 5.32 Å². The zero-order valence-electron chi connectivity index (χ0n) is 11.5. The Morgan fingerprint density at radius 1 is 1.25 bits per heavy atom. The molecule has 2 rings (SSSR count). The number of benzene rings is 1. The van der Waals surface area contributed by atoms with E-state index in [-0.39, 0.29) is 5.91 Å². The van der Waals surface area contributed by atoms with E-state index in [0.717, 1.165) is 38.2 Å². The van der Waals surface area contributed by atoms with Crippen LogP contribution in [0.5, 0.6) is 5.75 Å². The van der Waals surface area contributed by atoms with Gasteiger partial charge in [-0.05, 0) is 30.7 Å². The van der Waals surface area contributed by atoms with Gasteiger partial charge >= 0.3 is 0 Å². The monoisotopic (exact) mass is 276 g/mol. The molecule has 0 aliphatic carbocycles. The molecule has 1 amide bonds. The summed E-state index contributed by atoms with van der Waals surface area (Å²) >= 11 is 0. The van der Waals surface area contributed by atoms with Gasteiger partial charge in [-0.2, -0.15) is 0 Å². The zero-order valence-corrected chi connectivity index (χ0v) is 11.5. The van der Waals surface area contributed by atoms with Gasteiger partial charge in [0.25, 0.3) is 0 Å². The highest BCUT2D eigenvalue weighted by molar-refractivity contribution is 5.76. The van der Waals surface area contributed by atoms with Crippen molar-refractivity contribution in [3.63, 3.8) is 0 Å². The summed E-state index contributed by atoms with van der Waals surface area (Å²) in [5.41, 5.74) is 0.631. The van der Waals surface area contributed by atoms with Gasteiger partial charge in [0.1, 0.15) is 12.0 Å². The first-order valence-electron chi connectivity index (χ1n) is 6.96. The maximum atomic E-state index is 11.9. The lowest BCUT2D eigenvalue weighted by molar-refractivity contribution is -0.132. The van der Waals surface area contributed by atoms with Gasteiger partial charge in [0, 0.05) is 38.2 Å². The van der Waals surface area contributed by atoms with Crippen LogP contribution in [-0.2, 0) is 4.79 Å². The molecule has 0 radical (unpaired) electrons. The Hall–Kier alpha value is -1.88. The first kappa shape index (κ1) is 14.5. The minimum absolute atomic E-state index is 0.200. The standard InChI is InChI=1S/C15H20N2O3/c18-12-13-3-5-14(6-4-13)20-11-1-2-15(19)17-9-7-16-8-10-17/h3-6,12,16H,1-2,7-11H2. The number of carbonyl (C=O) groups is 2. The molecule has 108 valence electrons. The van der Waals surface area contributed by atoms with Crippen molar-refractivity contribution in [2.24, 2.45) is 0 Å². The average Bonchev–Trinajstić information content (AvgIpc) is 2.53. The Balaban J connectivity index is 1.65. The van der Waals surface area contributed by atoms with Crippen LogP contribution in [0.15, 0.2) is 24.3 Å². The van der Waals surface area contributed by atoms with Crippen LogP contribution in [0, 0.1) is 0 Å². The highest BCUT2D eigenvalue weighted by Gasteiger charge is 2.15. The first-order valence-corrected chi connectivity index (χ1v) is 6.96. The molecular formula is C15H20N2O3. The smallest absolute Gasteiger partial charge is 0.222 e. The van der Waals surface area contributed by atoms with Crippen molar-refractivity contribution in [2.45, 2.75) is 12.8 Å². The maximum absolute atomic E-state index is 11.9. The molecule has 0 spiro atoms. The fourth-order valence-corrected chi connectivity index (χ4v) is 2.13. The molecule has 1 N–H and O–H groups in total. The van der Waals surface area contributed by atoms with E-state index in [1.54, 1.807) is 24.3 Å². The quantitative estimate of drug-likeness (QED) is 0.624. The topological polar surface area (TPSA) is 58.6 Å². The van der Waals surface area contributed by atoms with Gasteiger partial charge < -0.3 is 15.0 Å². The SMILES string of the molecule is O=Cc1ccc(OCCCC(=O)N2CCNCC2)cc1. The van der Waals surface area contributed by atoms with Crippen LogP contribution < -0.4 is 10.1 Å². The molecule has 5 heteroatoms. The van der Waals surface area contributed by atoms with Gasteiger partial charge in [-0.15, -0.1) is 0 Å². The Kier molecular flexibility index (Phi) is 5.55. The molecule has 1 aliphatic rings. The fourth-order valence-electron chi connectivity index (χ4n) is 2.13. The number of piperazine rings is 1. The minimum atomic E-state index is 0.200. The summed E-state index contributed by atoms with van der Waals surface area (Å²) in [5, 5.41) is 3.22. The van der Waals surface area contributed by atoms with Crippen molar-refractivity contribution in [1.82, 2.24) is 10.2 Å². The number of carbonyl (C=O) groups excluding carboxylic acids is 2. The van der Waals surface area contributed by atoms with Crippen LogP contribution in [0.4, 0.5) is 0 Å². The molecule has 1 aliphatic heterocycles. The van der Waals surface area contributed by atoms with E-state index in [9.17, 15) is 9.59 Å². The Labute approximate surface area is 118 Å². The van der Waals surface area contributed by atoms with E-state index < -0.39 is 0 Å². The van der Waals surface area contributed by atoms with Gasteiger partial charge in [0.2, 0.25) is 5.91 Å². The van der Waals surface area contributed by atoms with E-state index in [1.165, 1.54) is 0 Å². The van der Waals surface area contributed by atoms with Gasteiger partial charge in [-0.1, -0.05) is 0 Å². The number of rotatable bonds is 6. The summed E-state index contributed by atoms with van der Waals surface area (Å²) in [6.45, 7) is 3.87. The van der Waals surface area contributed by atoms with Crippen LogP contribution >= 0.6 is 0 Å². The Morgan fingerprint density at radius 2 is 1.95 bits per heavy atom. The average molecular weight is 276 g/mol.